The van der Waals surface area contributed by atoms with Crippen LogP contribution in [-0.4, -0.2) is 71.3 Å². The third-order valence-corrected chi connectivity index (χ3v) is 7.49. The highest BCUT2D eigenvalue weighted by Gasteiger charge is 2.25. The summed E-state index contributed by atoms with van der Waals surface area (Å²) in [6, 6.07) is 20.5. The Hall–Kier alpha value is -4.56. The molecule has 0 spiro atoms. The molecule has 6 rings (SSSR count). The van der Waals surface area contributed by atoms with Crippen molar-refractivity contribution in [2.24, 2.45) is 0 Å². The van der Waals surface area contributed by atoms with Gasteiger partial charge in [-0.15, -0.1) is 0 Å². The molecule has 1 amide bonds. The summed E-state index contributed by atoms with van der Waals surface area (Å²) in [6.45, 7) is 1.65. The monoisotopic (exact) mass is 535 g/mol. The standard InChI is InChI=1S/C32H33N5O3/c1-35(2)13-14-36(3)32(38)27-19-37(18-26(27)25-10-6-8-23-7-4-5-9-24(23)25)29(28-17-33-20-34-28)15-22-11-12-30-31(16-22)40-21-39-30/h4-12,16-20,29H,13-15,21H2,1-3H3,(H,33,34). The number of carbonyl (C=O) groups excluding carboxylic acids is 1. The smallest absolute Gasteiger partial charge is 0.255 e. The predicted octanol–water partition coefficient (Wildman–Crippen LogP) is 5.23. The van der Waals surface area contributed by atoms with Crippen LogP contribution in [0.2, 0.25) is 0 Å². The predicted molar refractivity (Wildman–Crippen MR) is 156 cm³/mol. The molecule has 0 fully saturated rings. The third kappa shape index (κ3) is 5.05. The van der Waals surface area contributed by atoms with Crippen LogP contribution in [0.25, 0.3) is 21.9 Å². The number of H-pyrrole nitrogens is 1. The van der Waals surface area contributed by atoms with Gasteiger partial charge >= 0.3 is 0 Å². The van der Waals surface area contributed by atoms with E-state index >= 15 is 0 Å². The Kier molecular flexibility index (Phi) is 7.00. The largest absolute Gasteiger partial charge is 0.454 e. The minimum absolute atomic E-state index is 0.00465. The van der Waals surface area contributed by atoms with Crippen molar-refractivity contribution in [2.75, 3.05) is 41.0 Å². The van der Waals surface area contributed by atoms with Crippen LogP contribution in [0.3, 0.4) is 0 Å². The molecule has 2 aromatic heterocycles. The molecule has 204 valence electrons. The number of likely N-dealkylation sites (N-methyl/N-ethyl adjacent to an activating group) is 2. The molecule has 3 heterocycles. The molecule has 40 heavy (non-hydrogen) atoms. The van der Waals surface area contributed by atoms with Crippen molar-refractivity contribution in [3.8, 4) is 22.6 Å². The lowest BCUT2D eigenvalue weighted by Crippen LogP contribution is -2.33. The first-order chi connectivity index (χ1) is 19.5. The molecule has 0 aliphatic carbocycles. The topological polar surface area (TPSA) is 75.6 Å². The number of hydrogen-bond acceptors (Lipinski definition) is 5. The number of nitrogens with one attached hydrogen (secondary N) is 1. The number of amides is 1. The highest BCUT2D eigenvalue weighted by Crippen LogP contribution is 2.37. The average Bonchev–Trinajstić information content (AvgIpc) is 3.75. The van der Waals surface area contributed by atoms with E-state index < -0.39 is 0 Å². The zero-order valence-corrected chi connectivity index (χ0v) is 23.0. The number of fused-ring (bicyclic) bond motifs is 2. The summed E-state index contributed by atoms with van der Waals surface area (Å²) < 4.78 is 13.3. The number of imidazole rings is 1. The lowest BCUT2D eigenvalue weighted by atomic mass is 9.97. The normalized spacial score (nSPS) is 13.2. The van der Waals surface area contributed by atoms with Crippen molar-refractivity contribution in [2.45, 2.75) is 12.5 Å². The summed E-state index contributed by atoms with van der Waals surface area (Å²) in [4.78, 5) is 25.4. The molecular formula is C32H33N5O3. The van der Waals surface area contributed by atoms with Crippen molar-refractivity contribution >= 4 is 16.7 Å². The summed E-state index contributed by atoms with van der Waals surface area (Å²) in [6.07, 6.45) is 8.31. The molecule has 5 aromatic rings. The number of aromatic nitrogens is 3. The minimum Gasteiger partial charge on any atom is -0.454 e. The van der Waals surface area contributed by atoms with Gasteiger partial charge in [-0.2, -0.15) is 0 Å². The van der Waals surface area contributed by atoms with E-state index in [2.05, 4.69) is 62.0 Å². The van der Waals surface area contributed by atoms with E-state index in [1.165, 1.54) is 0 Å². The highest BCUT2D eigenvalue weighted by atomic mass is 16.7. The van der Waals surface area contributed by atoms with Crippen LogP contribution in [0.5, 0.6) is 11.5 Å². The molecule has 8 heteroatoms. The zero-order chi connectivity index (χ0) is 27.6. The van der Waals surface area contributed by atoms with Gasteiger partial charge in [0.05, 0.1) is 29.8 Å². The maximum Gasteiger partial charge on any atom is 0.255 e. The number of rotatable bonds is 9. The molecule has 0 radical (unpaired) electrons. The Morgan fingerprint density at radius 1 is 0.975 bits per heavy atom. The second kappa shape index (κ2) is 10.9. The quantitative estimate of drug-likeness (QED) is 0.280. The summed E-state index contributed by atoms with van der Waals surface area (Å²) in [5.41, 5.74) is 4.67. The molecular weight excluding hydrogens is 502 g/mol. The summed E-state index contributed by atoms with van der Waals surface area (Å²) >= 11 is 0. The Bertz CT molecular complexity index is 1630. The highest BCUT2D eigenvalue weighted by molar-refractivity contribution is 6.06. The van der Waals surface area contributed by atoms with Gasteiger partial charge < -0.3 is 28.8 Å². The van der Waals surface area contributed by atoms with Crippen LogP contribution in [-0.2, 0) is 6.42 Å². The second-order valence-electron chi connectivity index (χ2n) is 10.5. The fourth-order valence-electron chi connectivity index (χ4n) is 5.27. The molecule has 1 N–H and O–H groups in total. The van der Waals surface area contributed by atoms with Crippen molar-refractivity contribution in [3.05, 3.63) is 102 Å². The van der Waals surface area contributed by atoms with Gasteiger partial charge in [-0.05, 0) is 54.5 Å². The fourth-order valence-corrected chi connectivity index (χ4v) is 5.27. The molecule has 0 bridgehead atoms. The lowest BCUT2D eigenvalue weighted by molar-refractivity contribution is 0.0787. The number of benzene rings is 3. The molecule has 1 aliphatic heterocycles. The molecule has 1 unspecified atom stereocenters. The Morgan fingerprint density at radius 3 is 2.62 bits per heavy atom. The maximum absolute atomic E-state index is 13.9. The summed E-state index contributed by atoms with van der Waals surface area (Å²) in [7, 11) is 5.90. The van der Waals surface area contributed by atoms with Gasteiger partial charge in [-0.3, -0.25) is 4.79 Å². The average molecular weight is 536 g/mol. The zero-order valence-electron chi connectivity index (χ0n) is 23.0. The van der Waals surface area contributed by atoms with Gasteiger partial charge in [0.15, 0.2) is 11.5 Å². The van der Waals surface area contributed by atoms with E-state index in [1.54, 1.807) is 11.2 Å². The van der Waals surface area contributed by atoms with Crippen molar-refractivity contribution < 1.29 is 14.3 Å². The van der Waals surface area contributed by atoms with Gasteiger partial charge in [0.1, 0.15) is 0 Å². The SMILES string of the molecule is CN(C)CCN(C)C(=O)c1cn(C(Cc2ccc3c(c2)OCO3)c2cnc[nH]2)cc1-c1cccc2ccccc12. The first kappa shape index (κ1) is 25.7. The van der Waals surface area contributed by atoms with E-state index in [0.29, 0.717) is 18.5 Å². The molecule has 8 nitrogen and oxygen atoms in total. The van der Waals surface area contributed by atoms with E-state index in [9.17, 15) is 4.79 Å². The maximum atomic E-state index is 13.9. The molecule has 1 aliphatic rings. The van der Waals surface area contributed by atoms with E-state index in [0.717, 1.165) is 51.2 Å². The summed E-state index contributed by atoms with van der Waals surface area (Å²) in [5.74, 6) is 1.51. The van der Waals surface area contributed by atoms with Crippen molar-refractivity contribution in [1.29, 1.82) is 0 Å². The molecule has 0 saturated carbocycles. The number of ether oxygens (including phenoxy) is 2. The van der Waals surface area contributed by atoms with Gasteiger partial charge in [0, 0.05) is 38.1 Å². The Balaban J connectivity index is 1.45. The van der Waals surface area contributed by atoms with Crippen LogP contribution in [0.4, 0.5) is 0 Å². The Morgan fingerprint density at radius 2 is 1.80 bits per heavy atom. The fraction of sp³-hybridized carbons (Fsp3) is 0.250. The first-order valence-electron chi connectivity index (χ1n) is 13.4. The van der Waals surface area contributed by atoms with E-state index in [-0.39, 0.29) is 18.7 Å². The second-order valence-corrected chi connectivity index (χ2v) is 10.5. The first-order valence-corrected chi connectivity index (χ1v) is 13.4. The van der Waals surface area contributed by atoms with Crippen molar-refractivity contribution in [3.63, 3.8) is 0 Å². The Labute approximate surface area is 233 Å². The number of aromatic amines is 1. The van der Waals surface area contributed by atoms with Crippen LogP contribution in [0.1, 0.15) is 27.7 Å². The molecule has 1 atom stereocenters. The van der Waals surface area contributed by atoms with Crippen molar-refractivity contribution in [1.82, 2.24) is 24.3 Å². The van der Waals surface area contributed by atoms with Gasteiger partial charge in [-0.1, -0.05) is 48.5 Å². The number of carbonyl (C=O) groups is 1. The van der Waals surface area contributed by atoms with Gasteiger partial charge in [0.25, 0.3) is 5.91 Å². The number of hydrogen-bond donors (Lipinski definition) is 1. The van der Waals surface area contributed by atoms with E-state index in [1.807, 2.05) is 57.8 Å². The third-order valence-electron chi connectivity index (χ3n) is 7.49. The van der Waals surface area contributed by atoms with Gasteiger partial charge in [-0.25, -0.2) is 4.98 Å². The van der Waals surface area contributed by atoms with E-state index in [4.69, 9.17) is 9.47 Å². The van der Waals surface area contributed by atoms with Crippen LogP contribution in [0, 0.1) is 0 Å². The molecule has 3 aromatic carbocycles. The summed E-state index contributed by atoms with van der Waals surface area (Å²) in [5, 5.41) is 2.25. The van der Waals surface area contributed by atoms with Crippen LogP contribution >= 0.6 is 0 Å². The van der Waals surface area contributed by atoms with Crippen LogP contribution < -0.4 is 9.47 Å². The lowest BCUT2D eigenvalue weighted by Gasteiger charge is -2.20. The molecule has 0 saturated heterocycles. The van der Waals surface area contributed by atoms with Gasteiger partial charge in [0.2, 0.25) is 6.79 Å². The minimum atomic E-state index is -0.120. The number of nitrogens with zero attached hydrogens (tertiary/aromatic N) is 4. The van der Waals surface area contributed by atoms with Crippen LogP contribution in [0.15, 0.2) is 85.6 Å².